The molecular formula is C35H44F3N5O3. The van der Waals surface area contributed by atoms with E-state index in [0.29, 0.717) is 39.9 Å². The first-order valence-electron chi connectivity index (χ1n) is 16.1. The number of ether oxygens (including phenoxy) is 2. The molecule has 3 aromatic rings. The second-order valence-electron chi connectivity index (χ2n) is 12.1. The molecule has 248 valence electrons. The van der Waals surface area contributed by atoms with Crippen molar-refractivity contribution in [2.45, 2.75) is 75.7 Å². The molecule has 0 radical (unpaired) electrons. The first-order chi connectivity index (χ1) is 22.2. The van der Waals surface area contributed by atoms with Crippen molar-refractivity contribution in [3.05, 3.63) is 53.7 Å². The van der Waals surface area contributed by atoms with Crippen molar-refractivity contribution in [2.75, 3.05) is 51.0 Å². The number of aromatic nitrogens is 1. The van der Waals surface area contributed by atoms with Gasteiger partial charge in [0, 0.05) is 29.7 Å². The fourth-order valence-corrected chi connectivity index (χ4v) is 6.39. The number of fused-ring (bicyclic) bond motifs is 1. The molecule has 0 atom stereocenters. The summed E-state index contributed by atoms with van der Waals surface area (Å²) < 4.78 is 52.5. The number of carbonyl (C=O) groups is 1. The molecule has 0 bridgehead atoms. The highest BCUT2D eigenvalue weighted by molar-refractivity contribution is 5.95. The molecule has 6 rings (SSSR count). The van der Waals surface area contributed by atoms with E-state index >= 15 is 0 Å². The molecule has 11 heteroatoms. The van der Waals surface area contributed by atoms with Gasteiger partial charge in [0.25, 0.3) is 5.91 Å². The molecule has 1 spiro atoms. The fourth-order valence-electron chi connectivity index (χ4n) is 6.39. The average Bonchev–Trinajstić information content (AvgIpc) is 3.39. The largest absolute Gasteiger partial charge is 0.495 e. The van der Waals surface area contributed by atoms with Gasteiger partial charge in [0.1, 0.15) is 12.3 Å². The molecule has 2 aromatic carbocycles. The molecule has 1 aliphatic carbocycles. The highest BCUT2D eigenvalue weighted by Crippen LogP contribution is 2.35. The predicted molar refractivity (Wildman–Crippen MR) is 176 cm³/mol. The number of benzene rings is 2. The number of alkyl halides is 3. The number of carbonyl (C=O) groups excluding carboxylic acids is 1. The van der Waals surface area contributed by atoms with Gasteiger partial charge in [-0.25, -0.2) is 0 Å². The Bertz CT molecular complexity index is 1540. The zero-order valence-corrected chi connectivity index (χ0v) is 26.6. The van der Waals surface area contributed by atoms with Gasteiger partial charge in [-0.1, -0.05) is 31.2 Å². The highest BCUT2D eigenvalue weighted by Gasteiger charge is 2.38. The minimum atomic E-state index is -4.38. The van der Waals surface area contributed by atoms with Crippen molar-refractivity contribution in [3.8, 4) is 17.6 Å². The molecule has 1 saturated carbocycles. The lowest BCUT2D eigenvalue weighted by Crippen LogP contribution is -2.51. The Morgan fingerprint density at radius 2 is 1.85 bits per heavy atom. The molecule has 2 saturated heterocycles. The minimum Gasteiger partial charge on any atom is -0.495 e. The number of amides is 1. The summed E-state index contributed by atoms with van der Waals surface area (Å²) in [5.74, 6) is 6.08. The number of methoxy groups -OCH3 is 1. The van der Waals surface area contributed by atoms with E-state index < -0.39 is 12.7 Å². The summed E-state index contributed by atoms with van der Waals surface area (Å²) in [4.78, 5) is 11.9. The molecule has 8 nitrogen and oxygen atoms in total. The van der Waals surface area contributed by atoms with Gasteiger partial charge in [-0.3, -0.25) is 4.79 Å². The lowest BCUT2D eigenvalue weighted by Gasteiger charge is -2.44. The van der Waals surface area contributed by atoms with E-state index in [9.17, 15) is 18.0 Å². The second kappa shape index (κ2) is 15.1. The SMILES string of the molecule is C1CC2(CCN1)CCO2.CNC(=O)c1ccc(NCC#Cc2cc3c(NC4CCCCC4)cccc3n2CC(F)(F)F)c(OC)c1. The normalized spacial score (nSPS) is 17.6. The molecule has 3 fully saturated rings. The lowest BCUT2D eigenvalue weighted by molar-refractivity contribution is -0.160. The lowest BCUT2D eigenvalue weighted by atomic mass is 9.85. The third kappa shape index (κ3) is 8.47. The zero-order valence-electron chi connectivity index (χ0n) is 26.6. The van der Waals surface area contributed by atoms with Crippen LogP contribution in [0.4, 0.5) is 24.5 Å². The molecule has 4 N–H and O–H groups in total. The third-order valence-corrected chi connectivity index (χ3v) is 9.00. The van der Waals surface area contributed by atoms with Crippen LogP contribution in [0.3, 0.4) is 0 Å². The first kappa shape index (κ1) is 33.5. The van der Waals surface area contributed by atoms with Gasteiger partial charge in [-0.15, -0.1) is 0 Å². The van der Waals surface area contributed by atoms with Crippen molar-refractivity contribution in [1.82, 2.24) is 15.2 Å². The van der Waals surface area contributed by atoms with Crippen LogP contribution in [-0.4, -0.2) is 68.7 Å². The van der Waals surface area contributed by atoms with E-state index in [-0.39, 0.29) is 12.5 Å². The number of anilines is 2. The number of hydrogen-bond acceptors (Lipinski definition) is 6. The number of nitrogens with one attached hydrogen (secondary N) is 4. The number of rotatable bonds is 7. The van der Waals surface area contributed by atoms with E-state index in [1.165, 1.54) is 37.4 Å². The highest BCUT2D eigenvalue weighted by atomic mass is 19.4. The molecule has 3 aliphatic rings. The van der Waals surface area contributed by atoms with Crippen LogP contribution in [0.15, 0.2) is 42.5 Å². The van der Waals surface area contributed by atoms with Crippen molar-refractivity contribution >= 4 is 28.2 Å². The van der Waals surface area contributed by atoms with E-state index in [4.69, 9.17) is 9.47 Å². The fraction of sp³-hybridized carbons (Fsp3) is 0.514. The maximum atomic E-state index is 13.5. The molecule has 0 unspecified atom stereocenters. The zero-order chi connectivity index (χ0) is 32.6. The van der Waals surface area contributed by atoms with Gasteiger partial charge in [0.2, 0.25) is 0 Å². The smallest absolute Gasteiger partial charge is 0.406 e. The van der Waals surface area contributed by atoms with Crippen molar-refractivity contribution in [3.63, 3.8) is 0 Å². The predicted octanol–water partition coefficient (Wildman–Crippen LogP) is 6.31. The standard InChI is InChI=1S/C28H31F3N4O2.C7H13NO/c1-32-27(36)19-13-14-24(26(16-19)37-2)33-15-7-10-21-17-22-23(34-20-8-4-3-5-9-20)11-6-12-25(22)35(21)18-28(29,30)31;1-4-8-5-2-7(1)3-6-9-7/h6,11-14,16-17,20,33-34H,3-5,8-9,15,18H2,1-2H3,(H,32,36);8H,1-6H2. The quantitative estimate of drug-likeness (QED) is 0.227. The second-order valence-corrected chi connectivity index (χ2v) is 12.1. The van der Waals surface area contributed by atoms with Crippen LogP contribution in [0.2, 0.25) is 0 Å². The van der Waals surface area contributed by atoms with Gasteiger partial charge in [-0.05, 0) is 87.5 Å². The summed E-state index contributed by atoms with van der Waals surface area (Å²) in [6.07, 6.45) is 5.04. The van der Waals surface area contributed by atoms with E-state index in [0.717, 1.165) is 56.5 Å². The summed E-state index contributed by atoms with van der Waals surface area (Å²) in [6.45, 7) is 2.37. The summed E-state index contributed by atoms with van der Waals surface area (Å²) in [7, 11) is 3.04. The summed E-state index contributed by atoms with van der Waals surface area (Å²) >= 11 is 0. The van der Waals surface area contributed by atoms with Crippen LogP contribution in [0, 0.1) is 11.8 Å². The average molecular weight is 640 g/mol. The molecular weight excluding hydrogens is 595 g/mol. The topological polar surface area (TPSA) is 88.6 Å². The first-order valence-corrected chi connectivity index (χ1v) is 16.1. The maximum absolute atomic E-state index is 13.5. The molecule has 2 aliphatic heterocycles. The molecule has 3 heterocycles. The van der Waals surface area contributed by atoms with Gasteiger partial charge in [0.05, 0.1) is 42.8 Å². The molecule has 1 aromatic heterocycles. The van der Waals surface area contributed by atoms with E-state index in [1.807, 2.05) is 6.07 Å². The van der Waals surface area contributed by atoms with Gasteiger partial charge >= 0.3 is 6.18 Å². The van der Waals surface area contributed by atoms with Crippen LogP contribution >= 0.6 is 0 Å². The Kier molecular flexibility index (Phi) is 11.0. The Labute approximate surface area is 268 Å². The Balaban J connectivity index is 0.000000393. The van der Waals surface area contributed by atoms with Gasteiger partial charge in [0.15, 0.2) is 0 Å². The van der Waals surface area contributed by atoms with Crippen LogP contribution in [-0.2, 0) is 11.3 Å². The van der Waals surface area contributed by atoms with Crippen LogP contribution in [0.5, 0.6) is 5.75 Å². The Morgan fingerprint density at radius 3 is 2.48 bits per heavy atom. The Morgan fingerprint density at radius 1 is 1.09 bits per heavy atom. The maximum Gasteiger partial charge on any atom is 0.406 e. The number of hydrogen-bond donors (Lipinski definition) is 4. The summed E-state index contributed by atoms with van der Waals surface area (Å²) in [6, 6.07) is 12.4. The van der Waals surface area contributed by atoms with Crippen LogP contribution in [0.1, 0.15) is 67.4 Å². The Hall–Kier alpha value is -3.88. The van der Waals surface area contributed by atoms with Crippen LogP contribution < -0.4 is 26.0 Å². The minimum absolute atomic E-state index is 0.177. The third-order valence-electron chi connectivity index (χ3n) is 9.00. The summed E-state index contributed by atoms with van der Waals surface area (Å²) in [5, 5.41) is 13.3. The van der Waals surface area contributed by atoms with Crippen LogP contribution in [0.25, 0.3) is 10.9 Å². The number of piperidine rings is 1. The number of halogens is 3. The number of nitrogens with zero attached hydrogens (tertiary/aromatic N) is 1. The monoisotopic (exact) mass is 639 g/mol. The van der Waals surface area contributed by atoms with Gasteiger partial charge < -0.3 is 35.3 Å². The van der Waals surface area contributed by atoms with Crippen molar-refractivity contribution < 1.29 is 27.4 Å². The van der Waals surface area contributed by atoms with E-state index in [1.54, 1.807) is 43.4 Å². The molecule has 1 amide bonds. The van der Waals surface area contributed by atoms with Gasteiger partial charge in [-0.2, -0.15) is 13.2 Å². The molecule has 46 heavy (non-hydrogen) atoms. The van der Waals surface area contributed by atoms with Crippen molar-refractivity contribution in [2.24, 2.45) is 0 Å². The summed E-state index contributed by atoms with van der Waals surface area (Å²) in [5.41, 5.74) is 3.05. The van der Waals surface area contributed by atoms with Crippen molar-refractivity contribution in [1.29, 1.82) is 0 Å². The van der Waals surface area contributed by atoms with E-state index in [2.05, 4.69) is 33.1 Å².